The number of piperazine rings is 1. The van der Waals surface area contributed by atoms with Crippen LogP contribution >= 0.6 is 11.6 Å². The van der Waals surface area contributed by atoms with Crippen LogP contribution in [0.4, 0.5) is 10.5 Å². The standard InChI is InChI=1S/C16H20ClN3O3/c1-10-15(21)20-9-12(23-2)7-11(20)8-19(10)16(22)18-14-6-4-3-5-13(14)17/h3-6,10-12H,7-9H2,1-2H3,(H,18,22)/t10-,11-,12-/m0/s1. The molecule has 3 rings (SSSR count). The van der Waals surface area contributed by atoms with Crippen LogP contribution in [0.3, 0.4) is 0 Å². The van der Waals surface area contributed by atoms with E-state index in [-0.39, 0.29) is 24.1 Å². The van der Waals surface area contributed by atoms with Crippen molar-refractivity contribution in [2.24, 2.45) is 0 Å². The molecule has 6 nitrogen and oxygen atoms in total. The third kappa shape index (κ3) is 3.01. The highest BCUT2D eigenvalue weighted by Crippen LogP contribution is 2.28. The summed E-state index contributed by atoms with van der Waals surface area (Å²) in [6.45, 7) is 2.86. The first kappa shape index (κ1) is 16.1. The lowest BCUT2D eigenvalue weighted by molar-refractivity contribution is -0.141. The number of carbonyl (C=O) groups excluding carboxylic acids is 2. The maximum absolute atomic E-state index is 12.6. The highest BCUT2D eigenvalue weighted by molar-refractivity contribution is 6.33. The zero-order chi connectivity index (χ0) is 16.6. The van der Waals surface area contributed by atoms with Crippen LogP contribution in [0.25, 0.3) is 0 Å². The fraction of sp³-hybridized carbons (Fsp3) is 0.500. The Hall–Kier alpha value is -1.79. The summed E-state index contributed by atoms with van der Waals surface area (Å²) < 4.78 is 5.36. The van der Waals surface area contributed by atoms with Crippen LogP contribution in [0.5, 0.6) is 0 Å². The fourth-order valence-corrected chi connectivity index (χ4v) is 3.44. The van der Waals surface area contributed by atoms with E-state index < -0.39 is 6.04 Å². The maximum Gasteiger partial charge on any atom is 0.322 e. The van der Waals surface area contributed by atoms with Gasteiger partial charge >= 0.3 is 6.03 Å². The second-order valence-corrected chi connectivity index (χ2v) is 6.38. The van der Waals surface area contributed by atoms with Crippen LogP contribution in [-0.2, 0) is 9.53 Å². The molecule has 1 aromatic carbocycles. The van der Waals surface area contributed by atoms with Gasteiger partial charge in [0.1, 0.15) is 6.04 Å². The van der Waals surface area contributed by atoms with Gasteiger partial charge in [-0.05, 0) is 25.5 Å². The monoisotopic (exact) mass is 337 g/mol. The Balaban J connectivity index is 1.74. The highest BCUT2D eigenvalue weighted by atomic mass is 35.5. The van der Waals surface area contributed by atoms with E-state index >= 15 is 0 Å². The zero-order valence-corrected chi connectivity index (χ0v) is 13.9. The van der Waals surface area contributed by atoms with E-state index in [1.165, 1.54) is 0 Å². The summed E-state index contributed by atoms with van der Waals surface area (Å²) in [5, 5.41) is 3.26. The largest absolute Gasteiger partial charge is 0.380 e. The summed E-state index contributed by atoms with van der Waals surface area (Å²) in [7, 11) is 1.65. The molecule has 7 heteroatoms. The summed E-state index contributed by atoms with van der Waals surface area (Å²) in [4.78, 5) is 28.5. The van der Waals surface area contributed by atoms with Crippen molar-refractivity contribution in [3.8, 4) is 0 Å². The molecular formula is C16H20ClN3O3. The van der Waals surface area contributed by atoms with Gasteiger partial charge < -0.3 is 19.9 Å². The Morgan fingerprint density at radius 3 is 2.78 bits per heavy atom. The number of ether oxygens (including phenoxy) is 1. The van der Waals surface area contributed by atoms with Crippen LogP contribution in [0.1, 0.15) is 13.3 Å². The lowest BCUT2D eigenvalue weighted by Gasteiger charge is -2.41. The van der Waals surface area contributed by atoms with E-state index in [0.29, 0.717) is 23.8 Å². The summed E-state index contributed by atoms with van der Waals surface area (Å²) in [6.07, 6.45) is 0.799. The number of amides is 3. The Bertz CT molecular complexity index is 624. The summed E-state index contributed by atoms with van der Waals surface area (Å²) in [5.41, 5.74) is 0.544. The van der Waals surface area contributed by atoms with E-state index in [2.05, 4.69) is 5.32 Å². The van der Waals surface area contributed by atoms with Gasteiger partial charge in [0, 0.05) is 20.2 Å². The molecule has 1 N–H and O–H groups in total. The molecule has 0 unspecified atom stereocenters. The molecule has 0 bridgehead atoms. The quantitative estimate of drug-likeness (QED) is 0.900. The fourth-order valence-electron chi connectivity index (χ4n) is 3.25. The number of nitrogens with zero attached hydrogens (tertiary/aromatic N) is 2. The Kier molecular flexibility index (Phi) is 4.46. The molecule has 3 atom stereocenters. The topological polar surface area (TPSA) is 61.9 Å². The predicted octanol–water partition coefficient (Wildman–Crippen LogP) is 2.19. The van der Waals surface area contributed by atoms with Crippen LogP contribution < -0.4 is 5.32 Å². The molecule has 2 heterocycles. The number of hydrogen-bond donors (Lipinski definition) is 1. The molecule has 0 spiro atoms. The van der Waals surface area contributed by atoms with E-state index in [1.54, 1.807) is 43.2 Å². The minimum Gasteiger partial charge on any atom is -0.380 e. The van der Waals surface area contributed by atoms with E-state index in [9.17, 15) is 9.59 Å². The number of para-hydroxylation sites is 1. The van der Waals surface area contributed by atoms with Crippen molar-refractivity contribution in [1.82, 2.24) is 9.80 Å². The van der Waals surface area contributed by atoms with Gasteiger partial charge in [-0.1, -0.05) is 23.7 Å². The van der Waals surface area contributed by atoms with Crippen LogP contribution in [0.2, 0.25) is 5.02 Å². The molecule has 1 aromatic rings. The molecule has 0 radical (unpaired) electrons. The smallest absolute Gasteiger partial charge is 0.322 e. The van der Waals surface area contributed by atoms with Crippen molar-refractivity contribution in [1.29, 1.82) is 0 Å². The molecular weight excluding hydrogens is 318 g/mol. The number of fused-ring (bicyclic) bond motifs is 1. The van der Waals surface area contributed by atoms with E-state index in [1.807, 2.05) is 4.90 Å². The van der Waals surface area contributed by atoms with Gasteiger partial charge in [-0.2, -0.15) is 0 Å². The average Bonchev–Trinajstić information content (AvgIpc) is 2.96. The van der Waals surface area contributed by atoms with Crippen molar-refractivity contribution < 1.29 is 14.3 Å². The van der Waals surface area contributed by atoms with Crippen molar-refractivity contribution >= 4 is 29.2 Å². The first-order valence-electron chi connectivity index (χ1n) is 7.66. The minimum absolute atomic E-state index is 0.0145. The molecule has 3 amide bonds. The molecule has 0 saturated carbocycles. The Morgan fingerprint density at radius 2 is 2.09 bits per heavy atom. The van der Waals surface area contributed by atoms with Gasteiger partial charge in [-0.15, -0.1) is 0 Å². The SMILES string of the molecule is CO[C@H]1C[C@H]2CN(C(=O)Nc3ccccc3Cl)[C@@H](C)C(=O)N2C1. The van der Waals surface area contributed by atoms with E-state index in [4.69, 9.17) is 16.3 Å². The molecule has 2 fully saturated rings. The minimum atomic E-state index is -0.496. The number of rotatable bonds is 2. The number of halogens is 1. The number of anilines is 1. The van der Waals surface area contributed by atoms with Gasteiger partial charge in [0.05, 0.1) is 22.9 Å². The molecule has 0 aliphatic carbocycles. The lowest BCUT2D eigenvalue weighted by Crippen LogP contribution is -2.60. The van der Waals surface area contributed by atoms with E-state index in [0.717, 1.165) is 6.42 Å². The predicted molar refractivity (Wildman–Crippen MR) is 87.6 cm³/mol. The number of carbonyl (C=O) groups is 2. The Morgan fingerprint density at radius 1 is 1.35 bits per heavy atom. The number of nitrogens with one attached hydrogen (secondary N) is 1. The first-order valence-corrected chi connectivity index (χ1v) is 8.04. The molecule has 2 saturated heterocycles. The number of methoxy groups -OCH3 is 1. The van der Waals surface area contributed by atoms with Crippen molar-refractivity contribution in [2.75, 3.05) is 25.5 Å². The first-order chi connectivity index (χ1) is 11.0. The van der Waals surface area contributed by atoms with Gasteiger partial charge in [0.2, 0.25) is 5.91 Å². The normalized spacial score (nSPS) is 27.1. The van der Waals surface area contributed by atoms with Crippen molar-refractivity contribution in [3.63, 3.8) is 0 Å². The molecule has 124 valence electrons. The molecule has 2 aliphatic rings. The Labute approximate surface area is 140 Å². The van der Waals surface area contributed by atoms with Crippen LogP contribution in [0.15, 0.2) is 24.3 Å². The summed E-state index contributed by atoms with van der Waals surface area (Å²) in [5.74, 6) is -0.0323. The van der Waals surface area contributed by atoms with Crippen molar-refractivity contribution in [3.05, 3.63) is 29.3 Å². The average molecular weight is 338 g/mol. The van der Waals surface area contributed by atoms with Crippen LogP contribution in [-0.4, -0.2) is 60.1 Å². The third-order valence-corrected chi connectivity index (χ3v) is 4.93. The van der Waals surface area contributed by atoms with Gasteiger partial charge in [-0.3, -0.25) is 4.79 Å². The van der Waals surface area contributed by atoms with Gasteiger partial charge in [-0.25, -0.2) is 4.79 Å². The number of urea groups is 1. The summed E-state index contributed by atoms with van der Waals surface area (Å²) in [6, 6.07) is 6.26. The highest BCUT2D eigenvalue weighted by Gasteiger charge is 2.45. The number of benzene rings is 1. The molecule has 2 aliphatic heterocycles. The second-order valence-electron chi connectivity index (χ2n) is 5.98. The van der Waals surface area contributed by atoms with Gasteiger partial charge in [0.25, 0.3) is 0 Å². The summed E-state index contributed by atoms with van der Waals surface area (Å²) >= 11 is 6.07. The van der Waals surface area contributed by atoms with Gasteiger partial charge in [0.15, 0.2) is 0 Å². The second kappa shape index (κ2) is 6.37. The lowest BCUT2D eigenvalue weighted by atomic mass is 10.1. The number of hydrogen-bond acceptors (Lipinski definition) is 3. The third-order valence-electron chi connectivity index (χ3n) is 4.60. The zero-order valence-electron chi connectivity index (χ0n) is 13.2. The van der Waals surface area contributed by atoms with Crippen molar-refractivity contribution in [2.45, 2.75) is 31.5 Å². The maximum atomic E-state index is 12.6. The molecule has 23 heavy (non-hydrogen) atoms. The van der Waals surface area contributed by atoms with Crippen LogP contribution in [0, 0.1) is 0 Å². The molecule has 0 aromatic heterocycles.